The monoisotopic (exact) mass is 255 g/mol. The Morgan fingerprint density at radius 3 is 2.65 bits per heavy atom. The molecule has 17 heavy (non-hydrogen) atoms. The van der Waals surface area contributed by atoms with Crippen molar-refractivity contribution in [3.05, 3.63) is 23.8 Å². The van der Waals surface area contributed by atoms with Crippen LogP contribution in [0, 0.1) is 0 Å². The molecular weight excluding hydrogens is 242 g/mol. The Kier molecular flexibility index (Phi) is 4.97. The molecular formula is C12H14ClNO3. The smallest absolute Gasteiger partial charge is 0.224 e. The summed E-state index contributed by atoms with van der Waals surface area (Å²) in [5, 5.41) is 2.67. The fourth-order valence-electron chi connectivity index (χ4n) is 1.29. The molecule has 0 aliphatic rings. The van der Waals surface area contributed by atoms with Crippen LogP contribution in [0.2, 0.25) is 0 Å². The lowest BCUT2D eigenvalue weighted by Gasteiger charge is -2.10. The van der Waals surface area contributed by atoms with Crippen molar-refractivity contribution in [1.29, 1.82) is 0 Å². The van der Waals surface area contributed by atoms with Crippen LogP contribution in [0.25, 0.3) is 0 Å². The number of nitrogens with one attached hydrogen (secondary N) is 1. The molecule has 0 atom stereocenters. The van der Waals surface area contributed by atoms with E-state index >= 15 is 0 Å². The van der Waals surface area contributed by atoms with E-state index in [0.29, 0.717) is 23.4 Å². The average Bonchev–Trinajstić information content (AvgIpc) is 2.37. The summed E-state index contributed by atoms with van der Waals surface area (Å²) >= 11 is 5.48. The molecule has 1 aromatic rings. The molecule has 0 bridgehead atoms. The molecule has 1 amide bonds. The van der Waals surface area contributed by atoms with Crippen LogP contribution in [0.1, 0.15) is 23.7 Å². The molecule has 0 radical (unpaired) electrons. The molecule has 0 saturated heterocycles. The van der Waals surface area contributed by atoms with Gasteiger partial charge in [-0.2, -0.15) is 0 Å². The molecule has 0 spiro atoms. The summed E-state index contributed by atoms with van der Waals surface area (Å²) in [5.74, 6) is 0.0889. The van der Waals surface area contributed by atoms with Crippen LogP contribution in [-0.4, -0.2) is 24.7 Å². The number of methoxy groups -OCH3 is 1. The second kappa shape index (κ2) is 6.25. The number of hydrogen-bond acceptors (Lipinski definition) is 3. The lowest BCUT2D eigenvalue weighted by atomic mass is 10.1. The normalized spacial score (nSPS) is 9.82. The topological polar surface area (TPSA) is 55.4 Å². The summed E-state index contributed by atoms with van der Waals surface area (Å²) in [7, 11) is 1.50. The summed E-state index contributed by atoms with van der Waals surface area (Å²) in [4.78, 5) is 22.8. The zero-order valence-corrected chi connectivity index (χ0v) is 10.5. The van der Waals surface area contributed by atoms with Gasteiger partial charge in [0.2, 0.25) is 5.91 Å². The Morgan fingerprint density at radius 2 is 2.12 bits per heavy atom. The van der Waals surface area contributed by atoms with E-state index in [1.54, 1.807) is 25.1 Å². The molecule has 0 heterocycles. The second-order valence-electron chi connectivity index (χ2n) is 3.37. The molecule has 0 saturated carbocycles. The van der Waals surface area contributed by atoms with Crippen LogP contribution in [0.3, 0.4) is 0 Å². The van der Waals surface area contributed by atoms with Crippen molar-refractivity contribution in [2.75, 3.05) is 18.3 Å². The molecule has 0 unspecified atom stereocenters. The Hall–Kier alpha value is -1.55. The molecule has 0 aromatic heterocycles. The number of benzene rings is 1. The number of halogens is 1. The SMILES string of the molecule is CCC(=O)Nc1cc(C(=O)CCl)ccc1OC. The van der Waals surface area contributed by atoms with Gasteiger partial charge in [-0.1, -0.05) is 6.92 Å². The van der Waals surface area contributed by atoms with Gasteiger partial charge in [0.1, 0.15) is 5.75 Å². The van der Waals surface area contributed by atoms with Crippen LogP contribution in [0.5, 0.6) is 5.75 Å². The van der Waals surface area contributed by atoms with E-state index in [-0.39, 0.29) is 17.6 Å². The van der Waals surface area contributed by atoms with Crippen molar-refractivity contribution in [3.8, 4) is 5.75 Å². The van der Waals surface area contributed by atoms with Gasteiger partial charge < -0.3 is 10.1 Å². The minimum Gasteiger partial charge on any atom is -0.495 e. The van der Waals surface area contributed by atoms with E-state index in [1.165, 1.54) is 7.11 Å². The van der Waals surface area contributed by atoms with E-state index in [0.717, 1.165) is 0 Å². The number of hydrogen-bond donors (Lipinski definition) is 1. The summed E-state index contributed by atoms with van der Waals surface area (Å²) in [5.41, 5.74) is 0.933. The van der Waals surface area contributed by atoms with Crippen LogP contribution in [0.4, 0.5) is 5.69 Å². The van der Waals surface area contributed by atoms with E-state index in [2.05, 4.69) is 5.32 Å². The summed E-state index contributed by atoms with van der Waals surface area (Å²) in [6.07, 6.45) is 0.358. The third-order valence-electron chi connectivity index (χ3n) is 2.24. The van der Waals surface area contributed by atoms with Crippen molar-refractivity contribution in [2.24, 2.45) is 0 Å². The van der Waals surface area contributed by atoms with Gasteiger partial charge in [0.25, 0.3) is 0 Å². The third-order valence-corrected chi connectivity index (χ3v) is 2.48. The summed E-state index contributed by atoms with van der Waals surface area (Å²) in [6.45, 7) is 1.75. The van der Waals surface area contributed by atoms with E-state index in [9.17, 15) is 9.59 Å². The van der Waals surface area contributed by atoms with E-state index < -0.39 is 0 Å². The van der Waals surface area contributed by atoms with Crippen molar-refractivity contribution in [3.63, 3.8) is 0 Å². The predicted molar refractivity (Wildman–Crippen MR) is 67.0 cm³/mol. The second-order valence-corrected chi connectivity index (χ2v) is 3.64. The van der Waals surface area contributed by atoms with Gasteiger partial charge in [0.15, 0.2) is 5.78 Å². The first kappa shape index (κ1) is 13.5. The number of amides is 1. The van der Waals surface area contributed by atoms with Crippen molar-refractivity contribution in [2.45, 2.75) is 13.3 Å². The Morgan fingerprint density at radius 1 is 1.41 bits per heavy atom. The standard InChI is InChI=1S/C12H14ClNO3/c1-3-12(16)14-9-6-8(10(15)7-13)4-5-11(9)17-2/h4-6H,3,7H2,1-2H3,(H,14,16). The molecule has 1 N–H and O–H groups in total. The maximum absolute atomic E-state index is 11.4. The number of carbonyl (C=O) groups excluding carboxylic acids is 2. The number of alkyl halides is 1. The highest BCUT2D eigenvalue weighted by Crippen LogP contribution is 2.26. The van der Waals surface area contributed by atoms with E-state index in [1.807, 2.05) is 0 Å². The van der Waals surface area contributed by atoms with Gasteiger partial charge in [-0.15, -0.1) is 11.6 Å². The van der Waals surface area contributed by atoms with Crippen molar-refractivity contribution < 1.29 is 14.3 Å². The molecule has 1 aromatic carbocycles. The van der Waals surface area contributed by atoms with Crippen molar-refractivity contribution >= 4 is 29.0 Å². The molecule has 0 aliphatic heterocycles. The van der Waals surface area contributed by atoms with Gasteiger partial charge in [-0.05, 0) is 18.2 Å². The zero-order valence-electron chi connectivity index (χ0n) is 9.75. The number of ketones is 1. The minimum atomic E-state index is -0.193. The van der Waals surface area contributed by atoms with Crippen molar-refractivity contribution in [1.82, 2.24) is 0 Å². The number of Topliss-reactive ketones (excluding diaryl/α,β-unsaturated/α-hetero) is 1. The first-order valence-electron chi connectivity index (χ1n) is 5.19. The lowest BCUT2D eigenvalue weighted by molar-refractivity contribution is -0.115. The first-order chi connectivity index (χ1) is 8.12. The van der Waals surface area contributed by atoms with Gasteiger partial charge >= 0.3 is 0 Å². The maximum Gasteiger partial charge on any atom is 0.224 e. The van der Waals surface area contributed by atoms with Crippen LogP contribution >= 0.6 is 11.6 Å². The fourth-order valence-corrected chi connectivity index (χ4v) is 1.45. The molecule has 1 rings (SSSR count). The van der Waals surface area contributed by atoms with Crippen LogP contribution < -0.4 is 10.1 Å². The summed E-state index contributed by atoms with van der Waals surface area (Å²) < 4.78 is 5.10. The molecule has 5 heteroatoms. The largest absolute Gasteiger partial charge is 0.495 e. The number of carbonyl (C=O) groups is 2. The molecule has 92 valence electrons. The van der Waals surface area contributed by atoms with Crippen LogP contribution in [-0.2, 0) is 4.79 Å². The quantitative estimate of drug-likeness (QED) is 0.650. The number of rotatable bonds is 5. The summed E-state index contributed by atoms with van der Waals surface area (Å²) in [6, 6.07) is 4.81. The molecule has 4 nitrogen and oxygen atoms in total. The fraction of sp³-hybridized carbons (Fsp3) is 0.333. The highest BCUT2D eigenvalue weighted by molar-refractivity contribution is 6.30. The average molecular weight is 256 g/mol. The lowest BCUT2D eigenvalue weighted by Crippen LogP contribution is -2.11. The number of anilines is 1. The number of ether oxygens (including phenoxy) is 1. The molecule has 0 aliphatic carbocycles. The van der Waals surface area contributed by atoms with Crippen LogP contribution in [0.15, 0.2) is 18.2 Å². The zero-order chi connectivity index (χ0) is 12.8. The third kappa shape index (κ3) is 3.46. The Labute approximate surface area is 105 Å². The van der Waals surface area contributed by atoms with Gasteiger partial charge in [-0.25, -0.2) is 0 Å². The first-order valence-corrected chi connectivity index (χ1v) is 5.72. The maximum atomic E-state index is 11.4. The minimum absolute atomic E-state index is 0.0898. The molecule has 0 fully saturated rings. The highest BCUT2D eigenvalue weighted by atomic mass is 35.5. The van der Waals surface area contributed by atoms with Gasteiger partial charge in [-0.3, -0.25) is 9.59 Å². The Balaban J connectivity index is 3.06. The highest BCUT2D eigenvalue weighted by Gasteiger charge is 2.10. The van der Waals surface area contributed by atoms with Gasteiger partial charge in [0, 0.05) is 12.0 Å². The predicted octanol–water partition coefficient (Wildman–Crippen LogP) is 2.47. The Bertz CT molecular complexity index is 432. The van der Waals surface area contributed by atoms with E-state index in [4.69, 9.17) is 16.3 Å². The van der Waals surface area contributed by atoms with Gasteiger partial charge in [0.05, 0.1) is 18.7 Å².